The van der Waals surface area contributed by atoms with E-state index in [0.29, 0.717) is 0 Å². The number of aromatic nitrogens is 2. The van der Waals surface area contributed by atoms with Gasteiger partial charge in [0.25, 0.3) is 5.71 Å². The normalized spacial score (nSPS) is 17.6. The second-order valence-corrected chi connectivity index (χ2v) is 4.39. The molecule has 10 heteroatoms. The summed E-state index contributed by atoms with van der Waals surface area (Å²) >= 11 is 0. The second-order valence-electron chi connectivity index (χ2n) is 4.39. The number of allylic oxidation sites excluding steroid dienone is 1. The first-order valence-corrected chi connectivity index (χ1v) is 5.02. The summed E-state index contributed by atoms with van der Waals surface area (Å²) in [6, 6.07) is 0. The van der Waals surface area contributed by atoms with Crippen LogP contribution in [0, 0.1) is 20.5 Å². The van der Waals surface area contributed by atoms with Gasteiger partial charge in [0.1, 0.15) is 5.69 Å². The Morgan fingerprint density at radius 1 is 1.32 bits per heavy atom. The standard InChI is InChI=1S/C9H9N4O5.K/c1-9(2,13(16)17)5-3-4-6(12(14)15)8-7(5)10-18-11-8;/h3-5H,1-2H3;/q-1;+1. The zero-order valence-electron chi connectivity index (χ0n) is 10.6. The molecule has 0 fully saturated rings. The third-order valence-corrected chi connectivity index (χ3v) is 2.93. The summed E-state index contributed by atoms with van der Waals surface area (Å²) in [5, 5.41) is 39.6. The van der Waals surface area contributed by atoms with Gasteiger partial charge in [0.2, 0.25) is 11.2 Å². The summed E-state index contributed by atoms with van der Waals surface area (Å²) in [5.74, 6) is -0.725. The zero-order valence-corrected chi connectivity index (χ0v) is 13.7. The second kappa shape index (κ2) is 5.67. The van der Waals surface area contributed by atoms with Gasteiger partial charge in [-0.3, -0.25) is 10.1 Å². The minimum absolute atomic E-state index is 0. The van der Waals surface area contributed by atoms with Gasteiger partial charge in [0.05, 0.1) is 5.92 Å². The number of nitro groups is 1. The van der Waals surface area contributed by atoms with Gasteiger partial charge in [-0.1, -0.05) is 11.2 Å². The Bertz CT molecular complexity index is 561. The topological polar surface area (TPSA) is 131 Å². The van der Waals surface area contributed by atoms with E-state index in [1.165, 1.54) is 26.0 Å². The zero-order chi connectivity index (χ0) is 13.5. The van der Waals surface area contributed by atoms with Crippen molar-refractivity contribution in [2.45, 2.75) is 25.3 Å². The Labute approximate surface area is 150 Å². The van der Waals surface area contributed by atoms with Crippen LogP contribution >= 0.6 is 0 Å². The molecule has 0 saturated carbocycles. The van der Waals surface area contributed by atoms with Crippen LogP contribution in [0.2, 0.25) is 0 Å². The Kier molecular flexibility index (Phi) is 4.84. The van der Waals surface area contributed by atoms with E-state index in [9.17, 15) is 20.5 Å². The van der Waals surface area contributed by atoms with E-state index < -0.39 is 21.3 Å². The van der Waals surface area contributed by atoms with Crippen molar-refractivity contribution in [1.29, 1.82) is 0 Å². The maximum absolute atomic E-state index is 11.0. The molecule has 2 rings (SSSR count). The molecule has 0 bridgehead atoms. The van der Waals surface area contributed by atoms with Crippen molar-refractivity contribution in [2.75, 3.05) is 0 Å². The number of nitrogens with zero attached hydrogens (tertiary/aromatic N) is 4. The molecule has 0 N–H and O–H groups in total. The van der Waals surface area contributed by atoms with E-state index in [0.717, 1.165) is 0 Å². The van der Waals surface area contributed by atoms with Crippen LogP contribution in [0.3, 0.4) is 0 Å². The van der Waals surface area contributed by atoms with Crippen molar-refractivity contribution in [3.05, 3.63) is 44.1 Å². The monoisotopic (exact) mass is 292 g/mol. The molecule has 19 heavy (non-hydrogen) atoms. The number of fused-ring (bicyclic) bond motifs is 1. The van der Waals surface area contributed by atoms with Crippen LogP contribution in [0.1, 0.15) is 31.2 Å². The van der Waals surface area contributed by atoms with Gasteiger partial charge >= 0.3 is 51.4 Å². The summed E-state index contributed by atoms with van der Waals surface area (Å²) in [4.78, 5) is 9.93. The van der Waals surface area contributed by atoms with Crippen LogP contribution < -0.4 is 51.4 Å². The first-order chi connectivity index (χ1) is 8.35. The van der Waals surface area contributed by atoms with Crippen molar-refractivity contribution < 1.29 is 65.8 Å². The molecule has 1 unspecified atom stereocenters. The Balaban J connectivity index is 0.00000180. The average Bonchev–Trinajstić information content (AvgIpc) is 2.75. The minimum Gasteiger partial charge on any atom is -0.612 e. The molecule has 0 aromatic carbocycles. The van der Waals surface area contributed by atoms with E-state index in [1.807, 2.05) is 0 Å². The van der Waals surface area contributed by atoms with E-state index >= 15 is 0 Å². The predicted molar refractivity (Wildman–Crippen MR) is 58.4 cm³/mol. The smallest absolute Gasteiger partial charge is 0.612 e. The molecule has 0 spiro atoms. The van der Waals surface area contributed by atoms with Crippen molar-refractivity contribution in [2.24, 2.45) is 0 Å². The Morgan fingerprint density at radius 3 is 2.47 bits per heavy atom. The van der Waals surface area contributed by atoms with Gasteiger partial charge in [0.15, 0.2) is 0 Å². The maximum atomic E-state index is 11.0. The number of rotatable bonds is 2. The molecular formula is C9H9KN4O5. The molecule has 1 aromatic rings. The summed E-state index contributed by atoms with van der Waals surface area (Å²) in [6.45, 7) is 2.83. The van der Waals surface area contributed by atoms with Crippen molar-refractivity contribution in [3.8, 4) is 0 Å². The van der Waals surface area contributed by atoms with Gasteiger partial charge in [-0.15, -0.1) is 0 Å². The van der Waals surface area contributed by atoms with Gasteiger partial charge < -0.3 is 10.4 Å². The Hall–Kier alpha value is -0.814. The fraction of sp³-hybridized carbons (Fsp3) is 0.444. The van der Waals surface area contributed by atoms with E-state index in [2.05, 4.69) is 14.9 Å². The molecule has 96 valence electrons. The largest absolute Gasteiger partial charge is 1.00 e. The Morgan fingerprint density at radius 2 is 1.95 bits per heavy atom. The fourth-order valence-electron chi connectivity index (χ4n) is 1.77. The van der Waals surface area contributed by atoms with Crippen LogP contribution in [0.5, 0.6) is 0 Å². The van der Waals surface area contributed by atoms with E-state index in [4.69, 9.17) is 0 Å². The van der Waals surface area contributed by atoms with Crippen LogP contribution in [0.15, 0.2) is 16.8 Å². The van der Waals surface area contributed by atoms with Crippen molar-refractivity contribution >= 4 is 5.71 Å². The van der Waals surface area contributed by atoms with Crippen LogP contribution in [0.4, 0.5) is 0 Å². The van der Waals surface area contributed by atoms with Gasteiger partial charge in [-0.2, -0.15) is 4.90 Å². The molecule has 0 aliphatic heterocycles. The third kappa shape index (κ3) is 2.72. The quantitative estimate of drug-likeness (QED) is 0.256. The molecule has 1 atom stereocenters. The number of hydrogen-bond donors (Lipinski definition) is 0. The molecule has 0 amide bonds. The summed E-state index contributed by atoms with van der Waals surface area (Å²) in [6.07, 6.45) is 2.58. The molecule has 1 aliphatic rings. The van der Waals surface area contributed by atoms with Crippen LogP contribution in [0.25, 0.3) is 0 Å². The summed E-state index contributed by atoms with van der Waals surface area (Å²) < 4.78 is 4.47. The SMILES string of the molecule is CC(C)(C1C=CC(=[N+]([O-])[O-])c2nonc21)[N+](=O)[O-].[K+]. The fourth-order valence-corrected chi connectivity index (χ4v) is 1.77. The molecular weight excluding hydrogens is 283 g/mol. The van der Waals surface area contributed by atoms with Gasteiger partial charge in [-0.25, -0.2) is 4.63 Å². The van der Waals surface area contributed by atoms with E-state index in [1.54, 1.807) is 0 Å². The molecule has 0 saturated heterocycles. The van der Waals surface area contributed by atoms with Gasteiger partial charge in [0, 0.05) is 24.8 Å². The molecule has 1 heterocycles. The minimum atomic E-state index is -1.36. The average molecular weight is 292 g/mol. The summed E-state index contributed by atoms with van der Waals surface area (Å²) in [5.41, 5.74) is -1.57. The molecule has 1 aliphatic carbocycles. The number of hydrogen-bond acceptors (Lipinski definition) is 7. The van der Waals surface area contributed by atoms with Crippen LogP contribution in [-0.4, -0.2) is 31.4 Å². The third-order valence-electron chi connectivity index (χ3n) is 2.93. The maximum Gasteiger partial charge on any atom is 1.00 e. The summed E-state index contributed by atoms with van der Waals surface area (Å²) in [7, 11) is 0. The van der Waals surface area contributed by atoms with Crippen molar-refractivity contribution in [1.82, 2.24) is 10.3 Å². The van der Waals surface area contributed by atoms with Crippen molar-refractivity contribution in [3.63, 3.8) is 0 Å². The predicted octanol–water partition coefficient (Wildman–Crippen LogP) is -2.42. The van der Waals surface area contributed by atoms with Crippen LogP contribution in [-0.2, 0) is 0 Å². The first-order valence-electron chi connectivity index (χ1n) is 5.02. The van der Waals surface area contributed by atoms with E-state index in [-0.39, 0.29) is 68.5 Å². The van der Waals surface area contributed by atoms with Gasteiger partial charge in [-0.05, 0) is 5.16 Å². The molecule has 1 aromatic heterocycles. The molecule has 0 radical (unpaired) electrons. The first kappa shape index (κ1) is 16.2. The molecule has 9 nitrogen and oxygen atoms in total.